The molecule has 135 valence electrons. The molecule has 0 aliphatic carbocycles. The third kappa shape index (κ3) is 4.55. The van der Waals surface area contributed by atoms with Gasteiger partial charge in [-0.05, 0) is 24.0 Å². The van der Waals surface area contributed by atoms with Crippen LogP contribution in [0, 0.1) is 6.10 Å². The predicted octanol–water partition coefficient (Wildman–Crippen LogP) is 1.55. The lowest BCUT2D eigenvalue weighted by Crippen LogP contribution is -2.55. The highest BCUT2D eigenvalue weighted by Gasteiger charge is 2.45. The van der Waals surface area contributed by atoms with Gasteiger partial charge in [0.1, 0.15) is 24.4 Å². The first-order chi connectivity index (χ1) is 11.6. The molecule has 0 bridgehead atoms. The van der Waals surface area contributed by atoms with Crippen LogP contribution < -0.4 is 0 Å². The van der Waals surface area contributed by atoms with Gasteiger partial charge in [0.15, 0.2) is 6.10 Å². The van der Waals surface area contributed by atoms with E-state index in [1.165, 1.54) is 19.3 Å². The van der Waals surface area contributed by atoms with E-state index in [0.717, 1.165) is 30.4 Å². The smallest absolute Gasteiger partial charge is 0.158 e. The second kappa shape index (κ2) is 9.49. The van der Waals surface area contributed by atoms with E-state index < -0.39 is 31.0 Å². The summed E-state index contributed by atoms with van der Waals surface area (Å²) in [5, 5.41) is 39.5. The van der Waals surface area contributed by atoms with E-state index in [9.17, 15) is 20.4 Å². The fraction of sp³-hybridized carbons (Fsp3) is 0.632. The zero-order chi connectivity index (χ0) is 17.5. The molecule has 4 atom stereocenters. The van der Waals surface area contributed by atoms with Gasteiger partial charge < -0.3 is 25.2 Å². The van der Waals surface area contributed by atoms with Crippen LogP contribution in [0.2, 0.25) is 0 Å². The lowest BCUT2D eigenvalue weighted by atomic mass is 9.88. The summed E-state index contributed by atoms with van der Waals surface area (Å²) in [5.41, 5.74) is 1.79. The maximum absolute atomic E-state index is 10.3. The summed E-state index contributed by atoms with van der Waals surface area (Å²) in [6.07, 6.45) is 2.04. The molecule has 1 saturated heterocycles. The van der Waals surface area contributed by atoms with E-state index >= 15 is 0 Å². The van der Waals surface area contributed by atoms with E-state index in [1.807, 2.05) is 24.3 Å². The first-order valence-corrected chi connectivity index (χ1v) is 8.87. The molecule has 0 amide bonds. The molecule has 4 N–H and O–H groups in total. The Morgan fingerprint density at radius 2 is 1.67 bits per heavy atom. The van der Waals surface area contributed by atoms with Gasteiger partial charge in [-0.1, -0.05) is 56.9 Å². The number of rotatable bonds is 8. The zero-order valence-corrected chi connectivity index (χ0v) is 14.3. The topological polar surface area (TPSA) is 90.2 Å². The van der Waals surface area contributed by atoms with Gasteiger partial charge >= 0.3 is 0 Å². The van der Waals surface area contributed by atoms with E-state index in [2.05, 4.69) is 6.92 Å². The first kappa shape index (κ1) is 19.3. The minimum atomic E-state index is -1.37. The van der Waals surface area contributed by atoms with Gasteiger partial charge in [-0.2, -0.15) is 0 Å². The van der Waals surface area contributed by atoms with Crippen molar-refractivity contribution in [2.45, 2.75) is 69.9 Å². The Bertz CT molecular complexity index is 490. The number of hydrogen-bond acceptors (Lipinski definition) is 5. The lowest BCUT2D eigenvalue weighted by Gasteiger charge is -2.40. The maximum Gasteiger partial charge on any atom is 0.158 e. The lowest BCUT2D eigenvalue weighted by molar-refractivity contribution is -0.184. The molecule has 24 heavy (non-hydrogen) atoms. The van der Waals surface area contributed by atoms with Crippen LogP contribution in [0.4, 0.5) is 0 Å². The van der Waals surface area contributed by atoms with Crippen LogP contribution in [0.25, 0.3) is 0 Å². The average molecular weight is 337 g/mol. The summed E-state index contributed by atoms with van der Waals surface area (Å²) in [4.78, 5) is 0. The van der Waals surface area contributed by atoms with Crippen molar-refractivity contribution in [2.24, 2.45) is 0 Å². The van der Waals surface area contributed by atoms with Gasteiger partial charge in [0.2, 0.25) is 0 Å². The molecule has 0 aromatic heterocycles. The second-order valence-corrected chi connectivity index (χ2v) is 6.45. The summed E-state index contributed by atoms with van der Waals surface area (Å²) >= 11 is 0. The predicted molar refractivity (Wildman–Crippen MR) is 91.2 cm³/mol. The number of benzene rings is 1. The second-order valence-electron chi connectivity index (χ2n) is 6.45. The number of hydrogen-bond donors (Lipinski definition) is 4. The largest absolute Gasteiger partial charge is 0.394 e. The molecule has 1 aliphatic rings. The van der Waals surface area contributed by atoms with Crippen molar-refractivity contribution in [1.82, 2.24) is 0 Å². The van der Waals surface area contributed by atoms with E-state index in [4.69, 9.17) is 4.74 Å². The molecular formula is C19H29O5. The van der Waals surface area contributed by atoms with Crippen LogP contribution in [0.1, 0.15) is 50.2 Å². The van der Waals surface area contributed by atoms with E-state index in [0.29, 0.717) is 0 Å². The number of ether oxygens (including phenoxy) is 1. The minimum absolute atomic E-state index is 0.232. The molecule has 1 aromatic carbocycles. The molecule has 1 fully saturated rings. The van der Waals surface area contributed by atoms with Crippen molar-refractivity contribution in [2.75, 3.05) is 6.61 Å². The van der Waals surface area contributed by atoms with Gasteiger partial charge in [-0.25, -0.2) is 0 Å². The Hall–Kier alpha value is -0.980. The Balaban J connectivity index is 2.09. The molecule has 5 heteroatoms. The van der Waals surface area contributed by atoms with Crippen LogP contribution in [0.3, 0.4) is 0 Å². The summed E-state index contributed by atoms with van der Waals surface area (Å²) in [5.74, 6) is 0. The highest BCUT2D eigenvalue weighted by atomic mass is 16.5. The van der Waals surface area contributed by atoms with Crippen molar-refractivity contribution in [3.8, 4) is 0 Å². The molecule has 0 unspecified atom stereocenters. The average Bonchev–Trinajstić information content (AvgIpc) is 2.60. The van der Waals surface area contributed by atoms with Gasteiger partial charge in [-0.3, -0.25) is 0 Å². The van der Waals surface area contributed by atoms with Crippen molar-refractivity contribution < 1.29 is 25.2 Å². The molecule has 2 rings (SSSR count). The third-order valence-electron chi connectivity index (χ3n) is 4.61. The van der Waals surface area contributed by atoms with Crippen molar-refractivity contribution in [3.05, 3.63) is 41.5 Å². The molecule has 1 heterocycles. The van der Waals surface area contributed by atoms with Gasteiger partial charge in [0.25, 0.3) is 0 Å². The fourth-order valence-electron chi connectivity index (χ4n) is 3.13. The first-order valence-electron chi connectivity index (χ1n) is 8.87. The summed E-state index contributed by atoms with van der Waals surface area (Å²) in [7, 11) is 0. The van der Waals surface area contributed by atoms with Gasteiger partial charge in [0.05, 0.1) is 6.61 Å². The maximum atomic E-state index is 10.3. The van der Waals surface area contributed by atoms with E-state index in [-0.39, 0.29) is 6.10 Å². The quantitative estimate of drug-likeness (QED) is 0.541. The number of aryl methyl sites for hydroxylation is 1. The summed E-state index contributed by atoms with van der Waals surface area (Å²) in [6.45, 7) is 1.76. The monoisotopic (exact) mass is 337 g/mol. The minimum Gasteiger partial charge on any atom is -0.394 e. The Labute approximate surface area is 143 Å². The fourth-order valence-corrected chi connectivity index (χ4v) is 3.13. The normalized spacial score (nSPS) is 28.2. The van der Waals surface area contributed by atoms with Crippen LogP contribution in [-0.2, 0) is 11.2 Å². The van der Waals surface area contributed by atoms with Crippen molar-refractivity contribution in [3.63, 3.8) is 0 Å². The third-order valence-corrected chi connectivity index (χ3v) is 4.61. The van der Waals surface area contributed by atoms with Crippen LogP contribution in [0.5, 0.6) is 0 Å². The Morgan fingerprint density at radius 3 is 2.38 bits per heavy atom. The van der Waals surface area contributed by atoms with Gasteiger partial charge in [0, 0.05) is 0 Å². The zero-order valence-electron chi connectivity index (χ0n) is 14.3. The van der Waals surface area contributed by atoms with Crippen molar-refractivity contribution in [1.29, 1.82) is 0 Å². The number of unbranched alkanes of at least 4 members (excludes halogenated alkanes) is 4. The highest BCUT2D eigenvalue weighted by Crippen LogP contribution is 2.33. The van der Waals surface area contributed by atoms with Crippen LogP contribution >= 0.6 is 0 Å². The van der Waals surface area contributed by atoms with Crippen molar-refractivity contribution >= 4 is 0 Å². The molecule has 1 radical (unpaired) electrons. The Kier molecular flexibility index (Phi) is 7.65. The molecule has 1 aromatic rings. The molecule has 0 spiro atoms. The molecule has 1 aliphatic heterocycles. The van der Waals surface area contributed by atoms with Crippen LogP contribution in [0.15, 0.2) is 24.3 Å². The van der Waals surface area contributed by atoms with E-state index in [1.54, 1.807) is 0 Å². The molecule has 5 nitrogen and oxygen atoms in total. The number of aliphatic hydroxyl groups is 4. The highest BCUT2D eigenvalue weighted by molar-refractivity contribution is 5.39. The Morgan fingerprint density at radius 1 is 0.958 bits per heavy atom. The molecule has 0 saturated carbocycles. The van der Waals surface area contributed by atoms with Crippen LogP contribution in [-0.4, -0.2) is 51.4 Å². The summed E-state index contributed by atoms with van der Waals surface area (Å²) in [6, 6.07) is 7.63. The van der Waals surface area contributed by atoms with Gasteiger partial charge in [-0.15, -0.1) is 0 Å². The SMILES string of the molecule is CCCCCCCc1ccccc1[C]1O[C@H](CO)[C@@H](O)[C@H](O)[C@@H]1O. The molecular weight excluding hydrogens is 308 g/mol. The number of aliphatic hydroxyl groups excluding tert-OH is 4. The summed E-state index contributed by atoms with van der Waals surface area (Å²) < 4.78 is 5.61. The standard InChI is InChI=1S/C19H29O5/c1-2-3-4-5-6-9-13-10-7-8-11-14(13)19-18(23)17(22)16(21)15(12-20)24-19/h7-8,10-11,15-18,20-23H,2-6,9,12H2,1H3/t15-,16-,17+,18+/m1/s1.